The summed E-state index contributed by atoms with van der Waals surface area (Å²) in [4.78, 5) is 10.7. The molecule has 0 unspecified atom stereocenters. The Morgan fingerprint density at radius 1 is 1.33 bits per heavy atom. The topological polar surface area (TPSA) is 29.0 Å². The molecule has 0 atom stereocenters. The number of rotatable bonds is 1. The molecule has 0 N–H and O–H groups in total. The average Bonchev–Trinajstić information content (AvgIpc) is 2.38. The number of anilines is 2. The van der Waals surface area contributed by atoms with Crippen LogP contribution in [0.4, 0.5) is 11.5 Å². The zero-order valence-corrected chi connectivity index (χ0v) is 11.8. The Hall–Kier alpha value is -1.42. The SMILES string of the molecule is Cc1ccc2c(c1)CCCN2c1ncncc1Br. The molecule has 3 nitrogen and oxygen atoms in total. The number of hydrogen-bond donors (Lipinski definition) is 0. The predicted octanol–water partition coefficient (Wildman–Crippen LogP) is 3.63. The number of benzene rings is 1. The molecule has 0 aliphatic carbocycles. The molecule has 1 aromatic heterocycles. The lowest BCUT2D eigenvalue weighted by atomic mass is 9.99. The van der Waals surface area contributed by atoms with Crippen molar-refractivity contribution < 1.29 is 0 Å². The van der Waals surface area contributed by atoms with Crippen molar-refractivity contribution in [3.05, 3.63) is 46.3 Å². The summed E-state index contributed by atoms with van der Waals surface area (Å²) in [7, 11) is 0. The minimum absolute atomic E-state index is 0.943. The highest BCUT2D eigenvalue weighted by atomic mass is 79.9. The zero-order chi connectivity index (χ0) is 12.5. The molecular formula is C14H14BrN3. The standard InChI is InChI=1S/C14H14BrN3/c1-10-4-5-13-11(7-10)3-2-6-18(13)14-12(15)8-16-9-17-14/h4-5,7-9H,2-3,6H2,1H3. The predicted molar refractivity (Wildman–Crippen MR) is 76.2 cm³/mol. The van der Waals surface area contributed by atoms with E-state index in [0.717, 1.165) is 29.7 Å². The van der Waals surface area contributed by atoms with Crippen LogP contribution in [0.2, 0.25) is 0 Å². The molecule has 18 heavy (non-hydrogen) atoms. The van der Waals surface area contributed by atoms with Crippen molar-refractivity contribution in [2.24, 2.45) is 0 Å². The molecule has 0 spiro atoms. The summed E-state index contributed by atoms with van der Waals surface area (Å²) < 4.78 is 0.943. The second-order valence-electron chi connectivity index (χ2n) is 4.58. The van der Waals surface area contributed by atoms with Gasteiger partial charge in [0.25, 0.3) is 0 Å². The first-order chi connectivity index (χ1) is 8.75. The van der Waals surface area contributed by atoms with E-state index in [2.05, 4.69) is 55.9 Å². The third-order valence-corrected chi connectivity index (χ3v) is 3.82. The van der Waals surface area contributed by atoms with Gasteiger partial charge in [0.15, 0.2) is 5.82 Å². The van der Waals surface area contributed by atoms with Crippen LogP contribution in [0.25, 0.3) is 0 Å². The fraction of sp³-hybridized carbons (Fsp3) is 0.286. The third-order valence-electron chi connectivity index (χ3n) is 3.26. The van der Waals surface area contributed by atoms with E-state index in [1.165, 1.54) is 16.8 Å². The number of halogens is 1. The summed E-state index contributed by atoms with van der Waals surface area (Å²) in [5.74, 6) is 0.954. The summed E-state index contributed by atoms with van der Waals surface area (Å²) in [6.45, 7) is 3.14. The van der Waals surface area contributed by atoms with Gasteiger partial charge in [-0.05, 0) is 47.3 Å². The molecule has 92 valence electrons. The smallest absolute Gasteiger partial charge is 0.150 e. The molecule has 0 amide bonds. The molecule has 0 fully saturated rings. The van der Waals surface area contributed by atoms with Crippen LogP contribution >= 0.6 is 15.9 Å². The lowest BCUT2D eigenvalue weighted by Gasteiger charge is -2.31. The lowest BCUT2D eigenvalue weighted by Crippen LogP contribution is -2.25. The van der Waals surface area contributed by atoms with Crippen LogP contribution in [0.3, 0.4) is 0 Å². The van der Waals surface area contributed by atoms with Gasteiger partial charge in [-0.3, -0.25) is 0 Å². The number of nitrogens with zero attached hydrogens (tertiary/aromatic N) is 3. The minimum Gasteiger partial charge on any atom is -0.325 e. The van der Waals surface area contributed by atoms with Gasteiger partial charge in [-0.25, -0.2) is 9.97 Å². The van der Waals surface area contributed by atoms with E-state index in [1.807, 2.05) is 0 Å². The molecule has 2 heterocycles. The van der Waals surface area contributed by atoms with Crippen molar-refractivity contribution >= 4 is 27.4 Å². The van der Waals surface area contributed by atoms with E-state index in [1.54, 1.807) is 12.5 Å². The summed E-state index contributed by atoms with van der Waals surface area (Å²) in [5, 5.41) is 0. The molecular weight excluding hydrogens is 290 g/mol. The van der Waals surface area contributed by atoms with E-state index in [-0.39, 0.29) is 0 Å². The van der Waals surface area contributed by atoms with E-state index >= 15 is 0 Å². The van der Waals surface area contributed by atoms with Crippen molar-refractivity contribution in [1.82, 2.24) is 9.97 Å². The lowest BCUT2D eigenvalue weighted by molar-refractivity contribution is 0.756. The largest absolute Gasteiger partial charge is 0.325 e. The molecule has 0 radical (unpaired) electrons. The van der Waals surface area contributed by atoms with Gasteiger partial charge in [-0.2, -0.15) is 0 Å². The Bertz CT molecular complexity index is 583. The van der Waals surface area contributed by atoms with Crippen LogP contribution in [-0.4, -0.2) is 16.5 Å². The van der Waals surface area contributed by atoms with Crippen molar-refractivity contribution in [3.8, 4) is 0 Å². The Morgan fingerprint density at radius 2 is 2.22 bits per heavy atom. The van der Waals surface area contributed by atoms with Gasteiger partial charge in [-0.15, -0.1) is 0 Å². The van der Waals surface area contributed by atoms with Gasteiger partial charge in [0.05, 0.1) is 4.47 Å². The first kappa shape index (κ1) is 11.7. The Labute approximate surface area is 115 Å². The number of fused-ring (bicyclic) bond motifs is 1. The molecule has 3 rings (SSSR count). The minimum atomic E-state index is 0.943. The highest BCUT2D eigenvalue weighted by Gasteiger charge is 2.20. The van der Waals surface area contributed by atoms with Gasteiger partial charge >= 0.3 is 0 Å². The molecule has 2 aromatic rings. The summed E-state index contributed by atoms with van der Waals surface area (Å²) in [6.07, 6.45) is 5.70. The van der Waals surface area contributed by atoms with Crippen LogP contribution in [0, 0.1) is 6.92 Å². The summed E-state index contributed by atoms with van der Waals surface area (Å²) in [6, 6.07) is 6.63. The van der Waals surface area contributed by atoms with Crippen LogP contribution in [0.15, 0.2) is 35.2 Å². The van der Waals surface area contributed by atoms with Crippen molar-refractivity contribution in [2.45, 2.75) is 19.8 Å². The molecule has 1 aliphatic heterocycles. The van der Waals surface area contributed by atoms with Crippen LogP contribution in [0.5, 0.6) is 0 Å². The van der Waals surface area contributed by atoms with Gasteiger partial charge in [0, 0.05) is 18.4 Å². The first-order valence-electron chi connectivity index (χ1n) is 6.08. The van der Waals surface area contributed by atoms with Gasteiger partial charge in [0.1, 0.15) is 6.33 Å². The zero-order valence-electron chi connectivity index (χ0n) is 10.2. The maximum Gasteiger partial charge on any atom is 0.150 e. The monoisotopic (exact) mass is 303 g/mol. The molecule has 1 aliphatic rings. The molecule has 1 aromatic carbocycles. The van der Waals surface area contributed by atoms with Crippen LogP contribution < -0.4 is 4.90 Å². The molecule has 0 bridgehead atoms. The highest BCUT2D eigenvalue weighted by molar-refractivity contribution is 9.10. The summed E-state index contributed by atoms with van der Waals surface area (Å²) >= 11 is 3.53. The fourth-order valence-electron chi connectivity index (χ4n) is 2.45. The Morgan fingerprint density at radius 3 is 3.06 bits per heavy atom. The van der Waals surface area contributed by atoms with Crippen molar-refractivity contribution in [2.75, 3.05) is 11.4 Å². The number of aryl methyl sites for hydroxylation is 2. The quantitative estimate of drug-likeness (QED) is 0.805. The van der Waals surface area contributed by atoms with Gasteiger partial charge < -0.3 is 4.90 Å². The van der Waals surface area contributed by atoms with E-state index < -0.39 is 0 Å². The Kier molecular flexibility index (Phi) is 3.04. The average molecular weight is 304 g/mol. The normalized spacial score (nSPS) is 14.4. The van der Waals surface area contributed by atoms with Crippen LogP contribution in [-0.2, 0) is 6.42 Å². The molecule has 0 saturated heterocycles. The first-order valence-corrected chi connectivity index (χ1v) is 6.87. The van der Waals surface area contributed by atoms with Crippen molar-refractivity contribution in [3.63, 3.8) is 0 Å². The maximum absolute atomic E-state index is 4.39. The highest BCUT2D eigenvalue weighted by Crippen LogP contribution is 2.35. The second kappa shape index (κ2) is 4.69. The Balaban J connectivity index is 2.09. The second-order valence-corrected chi connectivity index (χ2v) is 5.44. The summed E-state index contributed by atoms with van der Waals surface area (Å²) in [5.41, 5.74) is 4.00. The van der Waals surface area contributed by atoms with E-state index in [9.17, 15) is 0 Å². The van der Waals surface area contributed by atoms with E-state index in [0.29, 0.717) is 0 Å². The molecule has 0 saturated carbocycles. The number of hydrogen-bond acceptors (Lipinski definition) is 3. The third kappa shape index (κ3) is 2.01. The maximum atomic E-state index is 4.39. The molecule has 4 heteroatoms. The van der Waals surface area contributed by atoms with E-state index in [4.69, 9.17) is 0 Å². The van der Waals surface area contributed by atoms with Gasteiger partial charge in [0.2, 0.25) is 0 Å². The van der Waals surface area contributed by atoms with Gasteiger partial charge in [-0.1, -0.05) is 17.7 Å². The van der Waals surface area contributed by atoms with Crippen LogP contribution in [0.1, 0.15) is 17.5 Å². The van der Waals surface area contributed by atoms with Crippen molar-refractivity contribution in [1.29, 1.82) is 0 Å². The fourth-order valence-corrected chi connectivity index (χ4v) is 2.89. The number of aromatic nitrogens is 2.